The van der Waals surface area contributed by atoms with Gasteiger partial charge in [0.2, 0.25) is 0 Å². The number of benzene rings is 1. The van der Waals surface area contributed by atoms with Gasteiger partial charge < -0.3 is 10.6 Å². The van der Waals surface area contributed by atoms with Crippen LogP contribution in [0, 0.1) is 18.3 Å². The van der Waals surface area contributed by atoms with Crippen molar-refractivity contribution in [3.8, 4) is 11.9 Å². The lowest BCUT2D eigenvalue weighted by atomic mass is 10.0. The van der Waals surface area contributed by atoms with Crippen molar-refractivity contribution in [2.75, 3.05) is 12.4 Å². The minimum absolute atomic E-state index is 0.191. The second-order valence-corrected chi connectivity index (χ2v) is 6.66. The molecule has 2 heterocycles. The largest absolute Gasteiger partial charge is 0.355 e. The molecule has 0 aliphatic rings. The smallest absolute Gasteiger partial charge is 0.274 e. The van der Waals surface area contributed by atoms with E-state index in [1.54, 1.807) is 45.2 Å². The molecule has 2 N–H and O–H groups in total. The number of rotatable bonds is 4. The highest BCUT2D eigenvalue weighted by atomic mass is 35.5. The predicted octanol–water partition coefficient (Wildman–Crippen LogP) is 0.971. The molecule has 0 saturated heterocycles. The van der Waals surface area contributed by atoms with Gasteiger partial charge in [0.25, 0.3) is 11.8 Å². The third-order valence-corrected chi connectivity index (χ3v) is 4.47. The van der Waals surface area contributed by atoms with Crippen molar-refractivity contribution in [3.05, 3.63) is 63.9 Å². The highest BCUT2D eigenvalue weighted by Gasteiger charge is 2.21. The summed E-state index contributed by atoms with van der Waals surface area (Å²) < 4.78 is 1.35. The molecule has 10 heteroatoms. The zero-order chi connectivity index (χ0) is 21.1. The van der Waals surface area contributed by atoms with Crippen molar-refractivity contribution in [1.82, 2.24) is 20.1 Å². The summed E-state index contributed by atoms with van der Waals surface area (Å²) in [5, 5.41) is 19.1. The normalized spacial score (nSPS) is 10.3. The van der Waals surface area contributed by atoms with Crippen LogP contribution in [0.15, 0.2) is 36.5 Å². The zero-order valence-electron chi connectivity index (χ0n) is 15.9. The number of amides is 2. The number of hydrogen-bond donors (Lipinski definition) is 2. The molecule has 0 aliphatic heterocycles. The molecular formula is C19H16BClN6O2. The van der Waals surface area contributed by atoms with Gasteiger partial charge in [0, 0.05) is 18.8 Å². The Hall–Kier alpha value is -3.64. The van der Waals surface area contributed by atoms with E-state index in [1.807, 2.05) is 6.07 Å². The van der Waals surface area contributed by atoms with E-state index < -0.39 is 11.8 Å². The highest BCUT2D eigenvalue weighted by Crippen LogP contribution is 2.24. The Balaban J connectivity index is 2.06. The van der Waals surface area contributed by atoms with Crippen LogP contribution >= 0.6 is 11.6 Å². The van der Waals surface area contributed by atoms with Crippen LogP contribution in [-0.4, -0.2) is 41.5 Å². The molecule has 2 amide bonds. The first-order chi connectivity index (χ1) is 13.8. The monoisotopic (exact) mass is 406 g/mol. The van der Waals surface area contributed by atoms with Gasteiger partial charge >= 0.3 is 0 Å². The minimum atomic E-state index is -0.495. The molecule has 0 atom stereocenters. The second-order valence-electron chi connectivity index (χ2n) is 6.25. The number of halogens is 1. The molecule has 1 aromatic carbocycles. The molecule has 3 rings (SSSR count). The molecule has 0 saturated carbocycles. The van der Waals surface area contributed by atoms with Crippen LogP contribution in [0.5, 0.6) is 0 Å². The number of pyridine rings is 1. The maximum Gasteiger partial charge on any atom is 0.274 e. The van der Waals surface area contributed by atoms with Crippen LogP contribution in [-0.2, 0) is 0 Å². The van der Waals surface area contributed by atoms with Gasteiger partial charge in [-0.2, -0.15) is 10.4 Å². The summed E-state index contributed by atoms with van der Waals surface area (Å²) in [5.74, 6) is -0.598. The van der Waals surface area contributed by atoms with E-state index in [1.165, 1.54) is 17.8 Å². The van der Waals surface area contributed by atoms with E-state index in [0.29, 0.717) is 33.2 Å². The Morgan fingerprint density at radius 1 is 1.28 bits per heavy atom. The number of nitrogens with one attached hydrogen (secondary N) is 2. The molecule has 2 aromatic heterocycles. The number of carbonyl (C=O) groups is 2. The zero-order valence-corrected chi connectivity index (χ0v) is 16.7. The summed E-state index contributed by atoms with van der Waals surface area (Å²) >= 11 is 6.21. The van der Waals surface area contributed by atoms with Crippen LogP contribution in [0.25, 0.3) is 5.82 Å². The average Bonchev–Trinajstić information content (AvgIpc) is 3.10. The molecule has 3 aromatic rings. The Morgan fingerprint density at radius 3 is 2.69 bits per heavy atom. The van der Waals surface area contributed by atoms with E-state index >= 15 is 0 Å². The first kappa shape index (κ1) is 20.1. The Labute approximate surface area is 172 Å². The fraction of sp³-hybridized carbons (Fsp3) is 0.105. The fourth-order valence-corrected chi connectivity index (χ4v) is 3.07. The average molecular weight is 407 g/mol. The quantitative estimate of drug-likeness (QED) is 0.627. The molecule has 0 radical (unpaired) electrons. The highest BCUT2D eigenvalue weighted by molar-refractivity contribution is 6.32. The van der Waals surface area contributed by atoms with Crippen molar-refractivity contribution in [1.29, 1.82) is 5.26 Å². The lowest BCUT2D eigenvalue weighted by molar-refractivity contribution is 0.0964. The first-order valence-electron chi connectivity index (χ1n) is 8.61. The topological polar surface area (TPSA) is 113 Å². The van der Waals surface area contributed by atoms with E-state index in [4.69, 9.17) is 11.6 Å². The van der Waals surface area contributed by atoms with Gasteiger partial charge in [0.05, 0.1) is 27.9 Å². The van der Waals surface area contributed by atoms with Crippen LogP contribution < -0.4 is 16.2 Å². The standard InChI is InChI=1S/C19H16BClN6O2/c1-10-6-11(9-22)7-12(18(28)23-2)16(10)25-19(29)14-8-15(20)26-27(14)17-13(21)4-3-5-24-17/h3-8H,20H2,1-2H3,(H,23,28)(H,25,29). The van der Waals surface area contributed by atoms with Gasteiger partial charge in [-0.15, -0.1) is 0 Å². The summed E-state index contributed by atoms with van der Waals surface area (Å²) in [6.07, 6.45) is 1.55. The summed E-state index contributed by atoms with van der Waals surface area (Å²) in [6, 6.07) is 9.96. The molecule has 0 bridgehead atoms. The first-order valence-corrected chi connectivity index (χ1v) is 8.99. The summed E-state index contributed by atoms with van der Waals surface area (Å²) in [5.41, 5.74) is 2.20. The minimum Gasteiger partial charge on any atom is -0.355 e. The molecule has 144 valence electrons. The van der Waals surface area contributed by atoms with Crippen LogP contribution in [0.1, 0.15) is 32.0 Å². The maximum absolute atomic E-state index is 13.1. The summed E-state index contributed by atoms with van der Waals surface area (Å²) in [6.45, 7) is 1.71. The second kappa shape index (κ2) is 8.16. The van der Waals surface area contributed by atoms with Crippen molar-refractivity contribution < 1.29 is 9.59 Å². The molecule has 0 spiro atoms. The molecule has 8 nitrogen and oxygen atoms in total. The van der Waals surface area contributed by atoms with E-state index in [0.717, 1.165) is 0 Å². The Morgan fingerprint density at radius 2 is 2.03 bits per heavy atom. The molecule has 0 fully saturated rings. The van der Waals surface area contributed by atoms with Gasteiger partial charge in [0.15, 0.2) is 13.7 Å². The van der Waals surface area contributed by atoms with Gasteiger partial charge in [-0.3, -0.25) is 9.59 Å². The lowest BCUT2D eigenvalue weighted by Crippen LogP contribution is -2.24. The summed E-state index contributed by atoms with van der Waals surface area (Å²) in [7, 11) is 3.22. The van der Waals surface area contributed by atoms with Crippen molar-refractivity contribution in [2.45, 2.75) is 6.92 Å². The number of aryl methyl sites for hydroxylation is 1. The number of nitrogens with zero attached hydrogens (tertiary/aromatic N) is 4. The number of aromatic nitrogens is 3. The third kappa shape index (κ3) is 3.98. The molecule has 0 aliphatic carbocycles. The van der Waals surface area contributed by atoms with Crippen molar-refractivity contribution >= 4 is 42.5 Å². The number of nitriles is 1. The summed E-state index contributed by atoms with van der Waals surface area (Å²) in [4.78, 5) is 29.6. The van der Waals surface area contributed by atoms with E-state index in [9.17, 15) is 14.9 Å². The van der Waals surface area contributed by atoms with Gasteiger partial charge in [-0.25, -0.2) is 9.67 Å². The third-order valence-electron chi connectivity index (χ3n) is 4.18. The molecular weight excluding hydrogens is 391 g/mol. The van der Waals surface area contributed by atoms with Crippen molar-refractivity contribution in [3.63, 3.8) is 0 Å². The van der Waals surface area contributed by atoms with Gasteiger partial charge in [-0.05, 0) is 42.8 Å². The number of carbonyl (C=O) groups excluding carboxylic acids is 2. The SMILES string of the molecule is Bc1cc(C(=O)Nc2c(C)cc(C#N)cc2C(=O)NC)n(-c2ncccc2Cl)n1. The van der Waals surface area contributed by atoms with Crippen molar-refractivity contribution in [2.24, 2.45) is 0 Å². The Bertz CT molecular complexity index is 1170. The van der Waals surface area contributed by atoms with Crippen LogP contribution in [0.4, 0.5) is 5.69 Å². The van der Waals surface area contributed by atoms with E-state index in [-0.39, 0.29) is 11.3 Å². The Kier molecular flexibility index (Phi) is 5.66. The van der Waals surface area contributed by atoms with Crippen LogP contribution in [0.3, 0.4) is 0 Å². The molecule has 29 heavy (non-hydrogen) atoms. The van der Waals surface area contributed by atoms with Crippen LogP contribution in [0.2, 0.25) is 5.02 Å². The van der Waals surface area contributed by atoms with E-state index in [2.05, 4.69) is 20.7 Å². The molecule has 0 unspecified atom stereocenters. The maximum atomic E-state index is 13.1. The van der Waals surface area contributed by atoms with Gasteiger partial charge in [-0.1, -0.05) is 11.6 Å². The lowest BCUT2D eigenvalue weighted by Gasteiger charge is -2.14. The predicted molar refractivity (Wildman–Crippen MR) is 112 cm³/mol. The fourth-order valence-electron chi connectivity index (χ4n) is 2.86. The number of hydrogen-bond acceptors (Lipinski definition) is 5. The van der Waals surface area contributed by atoms with Gasteiger partial charge in [0.1, 0.15) is 5.69 Å². The number of anilines is 1.